The summed E-state index contributed by atoms with van der Waals surface area (Å²) in [7, 11) is -3.31. The average molecular weight is 277 g/mol. The molecule has 0 aliphatic carbocycles. The van der Waals surface area contributed by atoms with Crippen LogP contribution in [0.4, 0.5) is 0 Å². The zero-order valence-corrected chi connectivity index (χ0v) is 11.3. The van der Waals surface area contributed by atoms with Crippen LogP contribution in [0.5, 0.6) is 0 Å². The molecule has 0 radical (unpaired) electrons. The lowest BCUT2D eigenvalue weighted by molar-refractivity contribution is -0.610. The SMILES string of the molecule is CCOP(=O)(OCC)c1csc2n1nc[n+]2N. The second-order valence-corrected chi connectivity index (χ2v) is 5.97. The fourth-order valence-corrected chi connectivity index (χ4v) is 4.29. The van der Waals surface area contributed by atoms with Gasteiger partial charge >= 0.3 is 12.6 Å². The van der Waals surface area contributed by atoms with Crippen molar-refractivity contribution in [1.82, 2.24) is 9.61 Å². The van der Waals surface area contributed by atoms with Gasteiger partial charge < -0.3 is 9.05 Å². The number of aromatic nitrogens is 3. The molecule has 0 aliphatic heterocycles. The van der Waals surface area contributed by atoms with Crippen molar-refractivity contribution in [2.75, 3.05) is 19.1 Å². The molecule has 0 saturated heterocycles. The van der Waals surface area contributed by atoms with Crippen LogP contribution in [-0.2, 0) is 13.6 Å². The van der Waals surface area contributed by atoms with E-state index in [9.17, 15) is 4.57 Å². The quantitative estimate of drug-likeness (QED) is 0.482. The van der Waals surface area contributed by atoms with Crippen LogP contribution in [0.3, 0.4) is 0 Å². The molecule has 0 unspecified atom stereocenters. The number of hydrogen-bond donors (Lipinski definition) is 1. The maximum atomic E-state index is 12.6. The molecule has 0 saturated carbocycles. The summed E-state index contributed by atoms with van der Waals surface area (Å²) in [5.41, 5.74) is 0.408. The maximum absolute atomic E-state index is 12.6. The molecule has 2 heterocycles. The summed E-state index contributed by atoms with van der Waals surface area (Å²) < 4.78 is 25.9. The molecule has 2 rings (SSSR count). The van der Waals surface area contributed by atoms with Gasteiger partial charge in [0.25, 0.3) is 6.33 Å². The number of thiazole rings is 1. The third-order valence-electron chi connectivity index (χ3n) is 2.06. The Labute approximate surface area is 102 Å². The first kappa shape index (κ1) is 12.5. The van der Waals surface area contributed by atoms with Crippen molar-refractivity contribution in [3.63, 3.8) is 0 Å². The molecule has 0 aliphatic rings. The minimum Gasteiger partial charge on any atom is -0.303 e. The Morgan fingerprint density at radius 3 is 2.76 bits per heavy atom. The standard InChI is InChI=1S/C8H14N4O3PS/c1-3-14-16(13,15-4-2)7-5-17-8-11(9)6-10-12(7)8/h5-6H,3-4,9H2,1-2H3/q+1. The highest BCUT2D eigenvalue weighted by Gasteiger charge is 2.36. The third-order valence-corrected chi connectivity index (χ3v) is 5.25. The van der Waals surface area contributed by atoms with Gasteiger partial charge in [0.2, 0.25) is 5.44 Å². The van der Waals surface area contributed by atoms with Gasteiger partial charge in [0.1, 0.15) is 0 Å². The minimum atomic E-state index is -3.31. The smallest absolute Gasteiger partial charge is 0.303 e. The monoisotopic (exact) mass is 277 g/mol. The fourth-order valence-electron chi connectivity index (χ4n) is 1.43. The molecule has 2 aromatic rings. The topological polar surface area (TPSA) is 82.7 Å². The van der Waals surface area contributed by atoms with Gasteiger partial charge in [0, 0.05) is 10.5 Å². The van der Waals surface area contributed by atoms with Gasteiger partial charge in [-0.2, -0.15) is 0 Å². The van der Waals surface area contributed by atoms with Gasteiger partial charge in [0.05, 0.1) is 13.2 Å². The third kappa shape index (κ3) is 2.09. The van der Waals surface area contributed by atoms with Crippen LogP contribution in [0.1, 0.15) is 13.8 Å². The molecule has 0 amide bonds. The fraction of sp³-hybridized carbons (Fsp3) is 0.500. The number of rotatable bonds is 5. The van der Waals surface area contributed by atoms with Crippen LogP contribution < -0.4 is 16.0 Å². The first-order chi connectivity index (χ1) is 8.12. The summed E-state index contributed by atoms with van der Waals surface area (Å²) in [5.74, 6) is 5.65. The Morgan fingerprint density at radius 2 is 2.18 bits per heavy atom. The number of fused-ring (bicyclic) bond motifs is 1. The van der Waals surface area contributed by atoms with E-state index in [4.69, 9.17) is 14.9 Å². The second-order valence-electron chi connectivity index (χ2n) is 3.16. The summed E-state index contributed by atoms with van der Waals surface area (Å²) in [4.78, 5) is 0.666. The van der Waals surface area contributed by atoms with Crippen molar-refractivity contribution in [2.45, 2.75) is 13.8 Å². The highest BCUT2D eigenvalue weighted by atomic mass is 32.1. The molecule has 7 nitrogen and oxygen atoms in total. The average Bonchev–Trinajstić information content (AvgIpc) is 2.83. The highest BCUT2D eigenvalue weighted by molar-refractivity contribution is 7.62. The van der Waals surface area contributed by atoms with Crippen LogP contribution in [0.2, 0.25) is 0 Å². The zero-order chi connectivity index (χ0) is 12.5. The lowest BCUT2D eigenvalue weighted by Gasteiger charge is -2.12. The summed E-state index contributed by atoms with van der Waals surface area (Å²) in [5, 5.41) is 5.73. The number of hydrogen-bond acceptors (Lipinski definition) is 6. The number of nitrogens with two attached hydrogens (primary N) is 1. The summed E-state index contributed by atoms with van der Waals surface area (Å²) in [6.45, 7) is 4.14. The summed E-state index contributed by atoms with van der Waals surface area (Å²) in [6, 6.07) is 0. The Hall–Kier alpha value is -0.950. The first-order valence-corrected chi connectivity index (χ1v) is 7.56. The molecular formula is C8H14N4O3PS+. The Kier molecular flexibility index (Phi) is 3.48. The van der Waals surface area contributed by atoms with E-state index in [2.05, 4.69) is 5.10 Å². The molecule has 0 atom stereocenters. The number of nitrogen functional groups attached to an aromatic ring is 1. The van der Waals surface area contributed by atoms with E-state index in [0.29, 0.717) is 23.6 Å². The number of nitrogens with zero attached hydrogens (tertiary/aromatic N) is 3. The van der Waals surface area contributed by atoms with Gasteiger partial charge in [-0.1, -0.05) is 15.9 Å². The van der Waals surface area contributed by atoms with Crippen molar-refractivity contribution in [1.29, 1.82) is 0 Å². The van der Waals surface area contributed by atoms with E-state index in [-0.39, 0.29) is 0 Å². The van der Waals surface area contributed by atoms with Crippen LogP contribution in [0.25, 0.3) is 4.96 Å². The van der Waals surface area contributed by atoms with Gasteiger partial charge in [-0.15, -0.1) is 4.68 Å². The lowest BCUT2D eigenvalue weighted by Crippen LogP contribution is -2.42. The van der Waals surface area contributed by atoms with E-state index in [1.54, 1.807) is 19.2 Å². The zero-order valence-electron chi connectivity index (χ0n) is 9.57. The Morgan fingerprint density at radius 1 is 1.53 bits per heavy atom. The molecule has 0 bridgehead atoms. The van der Waals surface area contributed by atoms with E-state index >= 15 is 0 Å². The van der Waals surface area contributed by atoms with Crippen LogP contribution in [0, 0.1) is 0 Å². The van der Waals surface area contributed by atoms with Crippen molar-refractivity contribution in [3.05, 3.63) is 11.7 Å². The predicted molar refractivity (Wildman–Crippen MR) is 63.9 cm³/mol. The van der Waals surface area contributed by atoms with Gasteiger partial charge in [-0.05, 0) is 13.8 Å². The van der Waals surface area contributed by atoms with Crippen LogP contribution in [0.15, 0.2) is 11.7 Å². The Balaban J connectivity index is 2.52. The molecular weight excluding hydrogens is 263 g/mol. The van der Waals surface area contributed by atoms with Crippen molar-refractivity contribution in [2.24, 2.45) is 0 Å². The second kappa shape index (κ2) is 4.73. The first-order valence-electron chi connectivity index (χ1n) is 5.14. The Bertz CT molecular complexity index is 556. The lowest BCUT2D eigenvalue weighted by atomic mass is 10.9. The van der Waals surface area contributed by atoms with Crippen molar-refractivity contribution in [3.8, 4) is 0 Å². The summed E-state index contributed by atoms with van der Waals surface area (Å²) in [6.07, 6.45) is 1.44. The molecule has 17 heavy (non-hydrogen) atoms. The van der Waals surface area contributed by atoms with Crippen molar-refractivity contribution < 1.29 is 18.3 Å². The van der Waals surface area contributed by atoms with Crippen LogP contribution in [-0.4, -0.2) is 22.8 Å². The van der Waals surface area contributed by atoms with E-state index in [0.717, 1.165) is 0 Å². The van der Waals surface area contributed by atoms with Crippen LogP contribution >= 0.6 is 18.9 Å². The molecule has 94 valence electrons. The van der Waals surface area contributed by atoms with E-state index in [1.165, 1.54) is 26.9 Å². The van der Waals surface area contributed by atoms with Gasteiger partial charge in [-0.3, -0.25) is 10.4 Å². The van der Waals surface area contributed by atoms with Gasteiger partial charge in [0.15, 0.2) is 0 Å². The highest BCUT2D eigenvalue weighted by Crippen LogP contribution is 2.47. The van der Waals surface area contributed by atoms with E-state index < -0.39 is 7.60 Å². The minimum absolute atomic E-state index is 0.304. The van der Waals surface area contributed by atoms with Crippen molar-refractivity contribution >= 4 is 29.3 Å². The molecule has 0 spiro atoms. The summed E-state index contributed by atoms with van der Waals surface area (Å²) >= 11 is 1.33. The molecule has 2 aromatic heterocycles. The maximum Gasteiger partial charge on any atom is 0.397 e. The predicted octanol–water partition coefficient (Wildman–Crippen LogP) is 0.289. The molecule has 0 aromatic carbocycles. The molecule has 9 heteroatoms. The van der Waals surface area contributed by atoms with Gasteiger partial charge in [-0.25, -0.2) is 0 Å². The largest absolute Gasteiger partial charge is 0.397 e. The molecule has 0 fully saturated rings. The molecule has 2 N–H and O–H groups in total. The van der Waals surface area contributed by atoms with E-state index in [1.807, 2.05) is 0 Å². The normalized spacial score (nSPS) is 12.4.